The van der Waals surface area contributed by atoms with E-state index in [-0.39, 0.29) is 11.3 Å². The molecule has 0 aromatic heterocycles. The van der Waals surface area contributed by atoms with Gasteiger partial charge < -0.3 is 5.73 Å². The molecule has 4 nitrogen and oxygen atoms in total. The molecule has 0 aliphatic heterocycles. The number of rotatable bonds is 2. The Morgan fingerprint density at radius 1 is 1.33 bits per heavy atom. The molecule has 0 amide bonds. The number of hydrogen-bond acceptors (Lipinski definition) is 3. The van der Waals surface area contributed by atoms with E-state index in [1.165, 1.54) is 6.92 Å². The molecule has 0 spiro atoms. The Balaban J connectivity index is 3.60. The molecule has 0 aliphatic carbocycles. The van der Waals surface area contributed by atoms with Crippen LogP contribution in [-0.4, -0.2) is 15.5 Å². The Labute approximate surface area is 86.1 Å². The first-order chi connectivity index (χ1) is 6.81. The van der Waals surface area contributed by atoms with Crippen molar-refractivity contribution in [3.63, 3.8) is 0 Å². The normalized spacial score (nSPS) is 11.7. The number of anilines is 1. The molecule has 0 atom stereocenters. The van der Waals surface area contributed by atoms with Crippen LogP contribution < -0.4 is 10.5 Å². The molecule has 0 radical (unpaired) electrons. The van der Waals surface area contributed by atoms with Crippen molar-refractivity contribution in [1.29, 1.82) is 0 Å². The van der Waals surface area contributed by atoms with Crippen molar-refractivity contribution in [1.82, 2.24) is 4.72 Å². The van der Waals surface area contributed by atoms with E-state index in [1.54, 1.807) is 0 Å². The highest BCUT2D eigenvalue weighted by Crippen LogP contribution is 2.24. The quantitative estimate of drug-likeness (QED) is 0.745. The van der Waals surface area contributed by atoms with Crippen LogP contribution in [0.2, 0.25) is 0 Å². The number of sulfonamides is 1. The first-order valence-electron chi connectivity index (χ1n) is 3.99. The maximum atomic E-state index is 13.3. The monoisotopic (exact) mass is 236 g/mol. The highest BCUT2D eigenvalue weighted by molar-refractivity contribution is 7.89. The van der Waals surface area contributed by atoms with Crippen LogP contribution in [0.5, 0.6) is 0 Å². The molecule has 1 aromatic carbocycles. The smallest absolute Gasteiger partial charge is 0.243 e. The minimum absolute atomic E-state index is 0.109. The average molecular weight is 236 g/mol. The predicted octanol–water partition coefficient (Wildman–Crippen LogP) is 0.764. The first-order valence-corrected chi connectivity index (χ1v) is 5.47. The minimum atomic E-state index is -4.04. The Morgan fingerprint density at radius 2 is 1.87 bits per heavy atom. The number of benzene rings is 1. The summed E-state index contributed by atoms with van der Waals surface area (Å²) in [5.74, 6) is -2.67. The molecule has 84 valence electrons. The summed E-state index contributed by atoms with van der Waals surface area (Å²) in [6.45, 7) is 1.27. The Kier molecular flexibility index (Phi) is 2.96. The molecule has 1 rings (SSSR count). The average Bonchev–Trinajstić information content (AvgIpc) is 2.20. The Bertz CT molecular complexity index is 500. The maximum Gasteiger partial charge on any atom is 0.243 e. The molecule has 0 bridgehead atoms. The third-order valence-corrected chi connectivity index (χ3v) is 3.43. The molecule has 15 heavy (non-hydrogen) atoms. The van der Waals surface area contributed by atoms with Crippen LogP contribution >= 0.6 is 0 Å². The van der Waals surface area contributed by atoms with Crippen LogP contribution in [0, 0.1) is 18.6 Å². The fraction of sp³-hybridized carbons (Fsp3) is 0.250. The lowest BCUT2D eigenvalue weighted by atomic mass is 10.2. The molecule has 0 saturated heterocycles. The summed E-state index contributed by atoms with van der Waals surface area (Å²) < 4.78 is 50.9. The Hall–Kier alpha value is -1.21. The zero-order valence-corrected chi connectivity index (χ0v) is 8.95. The van der Waals surface area contributed by atoms with Gasteiger partial charge in [0.1, 0.15) is 4.90 Å². The topological polar surface area (TPSA) is 72.2 Å². The van der Waals surface area contributed by atoms with Gasteiger partial charge in [0.2, 0.25) is 10.0 Å². The second-order valence-electron chi connectivity index (χ2n) is 2.92. The third-order valence-electron chi connectivity index (χ3n) is 2.02. The van der Waals surface area contributed by atoms with Gasteiger partial charge in [-0.15, -0.1) is 0 Å². The Morgan fingerprint density at radius 3 is 2.33 bits per heavy atom. The molecule has 7 heteroatoms. The summed E-state index contributed by atoms with van der Waals surface area (Å²) in [6.07, 6.45) is 0. The van der Waals surface area contributed by atoms with Gasteiger partial charge in [-0.2, -0.15) is 0 Å². The lowest BCUT2D eigenvalue weighted by molar-refractivity contribution is 0.480. The van der Waals surface area contributed by atoms with E-state index in [9.17, 15) is 17.2 Å². The van der Waals surface area contributed by atoms with E-state index in [2.05, 4.69) is 0 Å². The first kappa shape index (κ1) is 11.9. The fourth-order valence-corrected chi connectivity index (χ4v) is 1.85. The van der Waals surface area contributed by atoms with Gasteiger partial charge in [0.15, 0.2) is 11.6 Å². The number of nitrogens with one attached hydrogen (secondary N) is 1. The van der Waals surface area contributed by atoms with Crippen molar-refractivity contribution in [3.05, 3.63) is 23.3 Å². The van der Waals surface area contributed by atoms with E-state index < -0.39 is 26.6 Å². The van der Waals surface area contributed by atoms with Gasteiger partial charge in [-0.25, -0.2) is 21.9 Å². The van der Waals surface area contributed by atoms with Crippen LogP contribution in [0.1, 0.15) is 5.56 Å². The second kappa shape index (κ2) is 3.74. The number of halogens is 2. The molecule has 0 saturated carbocycles. The van der Waals surface area contributed by atoms with Gasteiger partial charge in [0.25, 0.3) is 0 Å². The summed E-state index contributed by atoms with van der Waals surface area (Å²) >= 11 is 0. The summed E-state index contributed by atoms with van der Waals surface area (Å²) in [5, 5.41) is 0. The van der Waals surface area contributed by atoms with E-state index in [1.807, 2.05) is 4.72 Å². The van der Waals surface area contributed by atoms with Crippen molar-refractivity contribution in [2.75, 3.05) is 12.8 Å². The SMILES string of the molecule is CNS(=O)(=O)c1cc(N)c(C)c(F)c1F. The van der Waals surface area contributed by atoms with Crippen LogP contribution in [-0.2, 0) is 10.0 Å². The van der Waals surface area contributed by atoms with E-state index in [0.29, 0.717) is 0 Å². The summed E-state index contributed by atoms with van der Waals surface area (Å²) in [4.78, 5) is -0.786. The van der Waals surface area contributed by atoms with Crippen LogP contribution in [0.15, 0.2) is 11.0 Å². The van der Waals surface area contributed by atoms with Crippen molar-refractivity contribution < 1.29 is 17.2 Å². The molecule has 0 heterocycles. The summed E-state index contributed by atoms with van der Waals surface area (Å²) in [7, 11) is -2.94. The van der Waals surface area contributed by atoms with Crippen molar-refractivity contribution >= 4 is 15.7 Å². The van der Waals surface area contributed by atoms with Gasteiger partial charge in [-0.1, -0.05) is 0 Å². The fourth-order valence-electron chi connectivity index (χ4n) is 1.02. The summed E-state index contributed by atoms with van der Waals surface area (Å²) in [5.41, 5.74) is 5.13. The van der Waals surface area contributed by atoms with Crippen LogP contribution in [0.3, 0.4) is 0 Å². The third kappa shape index (κ3) is 1.93. The van der Waals surface area contributed by atoms with E-state index in [4.69, 9.17) is 5.73 Å². The van der Waals surface area contributed by atoms with Crippen molar-refractivity contribution in [2.24, 2.45) is 0 Å². The molecule has 0 fully saturated rings. The van der Waals surface area contributed by atoms with Crippen LogP contribution in [0.25, 0.3) is 0 Å². The van der Waals surface area contributed by atoms with Gasteiger partial charge in [0.05, 0.1) is 0 Å². The molecular formula is C8H10F2N2O2S. The van der Waals surface area contributed by atoms with Crippen LogP contribution in [0.4, 0.5) is 14.5 Å². The summed E-state index contributed by atoms with van der Waals surface area (Å²) in [6, 6.07) is 0.888. The number of nitrogens with two attached hydrogens (primary N) is 1. The number of nitrogen functional groups attached to an aromatic ring is 1. The highest BCUT2D eigenvalue weighted by atomic mass is 32.2. The maximum absolute atomic E-state index is 13.3. The zero-order chi connectivity index (χ0) is 11.8. The lowest BCUT2D eigenvalue weighted by Gasteiger charge is -2.08. The van der Waals surface area contributed by atoms with Gasteiger partial charge in [-0.05, 0) is 20.0 Å². The number of hydrogen-bond donors (Lipinski definition) is 2. The predicted molar refractivity (Wildman–Crippen MR) is 51.8 cm³/mol. The largest absolute Gasteiger partial charge is 0.398 e. The molecule has 0 unspecified atom stereocenters. The van der Waals surface area contributed by atoms with Crippen molar-refractivity contribution in [2.45, 2.75) is 11.8 Å². The molecule has 0 aliphatic rings. The molecular weight excluding hydrogens is 226 g/mol. The second-order valence-corrected chi connectivity index (χ2v) is 4.78. The standard InChI is InChI=1S/C8H10F2N2O2S/c1-4-5(11)3-6(8(10)7(4)9)15(13,14)12-2/h3,12H,11H2,1-2H3. The molecule has 3 N–H and O–H groups in total. The van der Waals surface area contributed by atoms with Gasteiger partial charge in [-0.3, -0.25) is 0 Å². The lowest BCUT2D eigenvalue weighted by Crippen LogP contribution is -2.21. The van der Waals surface area contributed by atoms with Gasteiger partial charge in [0, 0.05) is 11.3 Å². The minimum Gasteiger partial charge on any atom is -0.398 e. The highest BCUT2D eigenvalue weighted by Gasteiger charge is 2.23. The van der Waals surface area contributed by atoms with E-state index in [0.717, 1.165) is 13.1 Å². The van der Waals surface area contributed by atoms with Crippen molar-refractivity contribution in [3.8, 4) is 0 Å². The zero-order valence-electron chi connectivity index (χ0n) is 8.14. The van der Waals surface area contributed by atoms with Gasteiger partial charge >= 0.3 is 0 Å². The van der Waals surface area contributed by atoms with E-state index >= 15 is 0 Å². The molecule has 1 aromatic rings.